The van der Waals surface area contributed by atoms with Gasteiger partial charge in [-0.1, -0.05) is 51.6 Å². The Morgan fingerprint density at radius 2 is 1.78 bits per heavy atom. The lowest BCUT2D eigenvalue weighted by atomic mass is 9.86. The molecule has 1 heterocycles. The van der Waals surface area contributed by atoms with E-state index >= 15 is 0 Å². The minimum Gasteiger partial charge on any atom is -0.849 e. The highest BCUT2D eigenvalue weighted by Crippen LogP contribution is 2.31. The van der Waals surface area contributed by atoms with E-state index in [9.17, 15) is 5.11 Å². The van der Waals surface area contributed by atoms with Gasteiger partial charge in [-0.05, 0) is 23.5 Å². The van der Waals surface area contributed by atoms with Gasteiger partial charge in [-0.15, -0.1) is 11.3 Å². The van der Waals surface area contributed by atoms with Gasteiger partial charge in [0, 0.05) is 0 Å². The van der Waals surface area contributed by atoms with Crippen molar-refractivity contribution in [3.8, 4) is 10.4 Å². The second kappa shape index (κ2) is 4.82. The average molecular weight is 260 g/mol. The second-order valence-corrected chi connectivity index (χ2v) is 6.58. The van der Waals surface area contributed by atoms with Gasteiger partial charge >= 0.3 is 0 Å². The lowest BCUT2D eigenvalue weighted by Gasteiger charge is -2.19. The van der Waals surface area contributed by atoms with Gasteiger partial charge in [0.1, 0.15) is 0 Å². The van der Waals surface area contributed by atoms with E-state index in [2.05, 4.69) is 50.0 Å². The van der Waals surface area contributed by atoms with Crippen molar-refractivity contribution in [2.24, 2.45) is 0 Å². The number of hydrogen-bond acceptors (Lipinski definition) is 3. The van der Waals surface area contributed by atoms with Crippen molar-refractivity contribution in [3.05, 3.63) is 40.5 Å². The smallest absolute Gasteiger partial charge is 0.0769 e. The first-order valence-corrected chi connectivity index (χ1v) is 6.89. The zero-order valence-electron chi connectivity index (χ0n) is 11.3. The van der Waals surface area contributed by atoms with Crippen molar-refractivity contribution in [1.29, 1.82) is 0 Å². The molecule has 0 aliphatic carbocycles. The highest BCUT2D eigenvalue weighted by Gasteiger charge is 2.14. The number of nitrogens with zero attached hydrogens (tertiary/aromatic N) is 1. The first-order chi connectivity index (χ1) is 8.41. The van der Waals surface area contributed by atoms with E-state index in [-0.39, 0.29) is 12.0 Å². The standard InChI is InChI=1S/C15H18NOS/c1-10-14(18-13(9-17)16-10)11-5-7-12(8-6-11)15(2,3)4/h5-8H,9H2,1-4H3/q-1. The third kappa shape index (κ3) is 2.62. The van der Waals surface area contributed by atoms with Crippen LogP contribution in [-0.2, 0) is 12.0 Å². The molecule has 0 atom stereocenters. The summed E-state index contributed by atoms with van der Waals surface area (Å²) in [7, 11) is 0. The molecule has 0 aliphatic heterocycles. The molecule has 96 valence electrons. The maximum Gasteiger partial charge on any atom is 0.0769 e. The Bertz CT molecular complexity index is 535. The predicted octanol–water partition coefficient (Wildman–Crippen LogP) is 3.28. The third-order valence-corrected chi connectivity index (χ3v) is 4.16. The quantitative estimate of drug-likeness (QED) is 0.830. The van der Waals surface area contributed by atoms with E-state index in [0.29, 0.717) is 5.01 Å². The predicted molar refractivity (Wildman–Crippen MR) is 74.7 cm³/mol. The molecule has 2 nitrogen and oxygen atoms in total. The van der Waals surface area contributed by atoms with Crippen molar-refractivity contribution >= 4 is 11.3 Å². The molecule has 0 saturated carbocycles. The fourth-order valence-corrected chi connectivity index (χ4v) is 2.83. The molecule has 0 spiro atoms. The molecule has 0 saturated heterocycles. The number of aryl methyl sites for hydroxylation is 1. The summed E-state index contributed by atoms with van der Waals surface area (Å²) in [5.41, 5.74) is 3.59. The summed E-state index contributed by atoms with van der Waals surface area (Å²) >= 11 is 1.50. The highest BCUT2D eigenvalue weighted by molar-refractivity contribution is 7.15. The third-order valence-electron chi connectivity index (χ3n) is 2.98. The van der Waals surface area contributed by atoms with E-state index in [0.717, 1.165) is 16.1 Å². The van der Waals surface area contributed by atoms with E-state index < -0.39 is 0 Å². The Kier molecular flexibility index (Phi) is 3.55. The first kappa shape index (κ1) is 13.2. The van der Waals surface area contributed by atoms with Gasteiger partial charge in [0.25, 0.3) is 0 Å². The molecule has 0 amide bonds. The number of thiazole rings is 1. The summed E-state index contributed by atoms with van der Waals surface area (Å²) in [5.74, 6) is 0. The zero-order chi connectivity index (χ0) is 13.3. The van der Waals surface area contributed by atoms with Crippen LogP contribution in [0.3, 0.4) is 0 Å². The van der Waals surface area contributed by atoms with E-state index in [1.165, 1.54) is 16.9 Å². The number of aromatic nitrogens is 1. The minimum atomic E-state index is -0.231. The fraction of sp³-hybridized carbons (Fsp3) is 0.400. The van der Waals surface area contributed by atoms with Crippen LogP contribution in [0.15, 0.2) is 24.3 Å². The minimum absolute atomic E-state index is 0.168. The van der Waals surface area contributed by atoms with Crippen LogP contribution in [0, 0.1) is 6.92 Å². The topological polar surface area (TPSA) is 36.0 Å². The van der Waals surface area contributed by atoms with Crippen LogP contribution in [0.5, 0.6) is 0 Å². The molecule has 0 radical (unpaired) electrons. The molecule has 0 unspecified atom stereocenters. The molecule has 2 aromatic rings. The normalized spacial score (nSPS) is 11.8. The maximum atomic E-state index is 10.9. The molecule has 2 rings (SSSR count). The largest absolute Gasteiger partial charge is 0.849 e. The van der Waals surface area contributed by atoms with Gasteiger partial charge in [-0.2, -0.15) is 0 Å². The van der Waals surface area contributed by atoms with E-state index in [4.69, 9.17) is 0 Å². The summed E-state index contributed by atoms with van der Waals surface area (Å²) in [6, 6.07) is 8.56. The van der Waals surface area contributed by atoms with Crippen LogP contribution in [0.1, 0.15) is 37.0 Å². The Labute approximate surface area is 112 Å². The summed E-state index contributed by atoms with van der Waals surface area (Å²) in [4.78, 5) is 5.40. The lowest BCUT2D eigenvalue weighted by molar-refractivity contribution is -0.386. The van der Waals surface area contributed by atoms with E-state index in [1.54, 1.807) is 0 Å². The summed E-state index contributed by atoms with van der Waals surface area (Å²) in [6.07, 6.45) is 0. The Morgan fingerprint density at radius 1 is 1.17 bits per heavy atom. The first-order valence-electron chi connectivity index (χ1n) is 6.07. The van der Waals surface area contributed by atoms with Crippen molar-refractivity contribution in [2.75, 3.05) is 0 Å². The number of hydrogen-bond donors (Lipinski definition) is 0. The van der Waals surface area contributed by atoms with Crippen LogP contribution in [0.4, 0.5) is 0 Å². The molecule has 0 bridgehead atoms. The Morgan fingerprint density at radius 3 is 2.22 bits per heavy atom. The van der Waals surface area contributed by atoms with Crippen LogP contribution in [0.25, 0.3) is 10.4 Å². The summed E-state index contributed by atoms with van der Waals surface area (Å²) in [5, 5.41) is 11.5. The zero-order valence-corrected chi connectivity index (χ0v) is 12.1. The summed E-state index contributed by atoms with van der Waals surface area (Å²) in [6.45, 7) is 8.34. The second-order valence-electron chi connectivity index (χ2n) is 5.49. The lowest BCUT2D eigenvalue weighted by Crippen LogP contribution is -2.10. The molecular formula is C15H18NOS-. The van der Waals surface area contributed by atoms with Crippen molar-refractivity contribution in [2.45, 2.75) is 39.7 Å². The molecule has 3 heteroatoms. The number of rotatable bonds is 2. The van der Waals surface area contributed by atoms with Gasteiger partial charge < -0.3 is 5.11 Å². The summed E-state index contributed by atoms with van der Waals surface area (Å²) < 4.78 is 0. The van der Waals surface area contributed by atoms with Crippen LogP contribution in [0.2, 0.25) is 0 Å². The molecular weight excluding hydrogens is 242 g/mol. The SMILES string of the molecule is Cc1nc(C[O-])sc1-c1ccc(C(C)(C)C)cc1. The van der Waals surface area contributed by atoms with Gasteiger partial charge in [0.15, 0.2) is 0 Å². The van der Waals surface area contributed by atoms with Gasteiger partial charge in [-0.3, -0.25) is 0 Å². The molecule has 0 fully saturated rings. The van der Waals surface area contributed by atoms with Gasteiger partial charge in [0.05, 0.1) is 15.6 Å². The molecule has 1 aromatic heterocycles. The van der Waals surface area contributed by atoms with Crippen LogP contribution >= 0.6 is 11.3 Å². The molecule has 0 aliphatic rings. The molecule has 1 aromatic carbocycles. The van der Waals surface area contributed by atoms with Gasteiger partial charge in [0.2, 0.25) is 0 Å². The molecule has 18 heavy (non-hydrogen) atoms. The van der Waals surface area contributed by atoms with Crippen molar-refractivity contribution < 1.29 is 5.11 Å². The Hall–Kier alpha value is -1.19. The monoisotopic (exact) mass is 260 g/mol. The van der Waals surface area contributed by atoms with Crippen LogP contribution < -0.4 is 5.11 Å². The van der Waals surface area contributed by atoms with Crippen molar-refractivity contribution in [1.82, 2.24) is 4.98 Å². The average Bonchev–Trinajstić information content (AvgIpc) is 2.70. The molecule has 0 N–H and O–H groups in total. The van der Waals surface area contributed by atoms with Crippen LogP contribution in [-0.4, -0.2) is 4.98 Å². The Balaban J connectivity index is 2.37. The van der Waals surface area contributed by atoms with Gasteiger partial charge in [-0.25, -0.2) is 4.98 Å². The number of benzene rings is 1. The highest BCUT2D eigenvalue weighted by atomic mass is 32.1. The van der Waals surface area contributed by atoms with Crippen molar-refractivity contribution in [3.63, 3.8) is 0 Å². The maximum absolute atomic E-state index is 10.9. The fourth-order valence-electron chi connectivity index (χ4n) is 1.90. The van der Waals surface area contributed by atoms with E-state index in [1.807, 2.05) is 6.92 Å².